The quantitative estimate of drug-likeness (QED) is 0.0858. The van der Waals surface area contributed by atoms with Crippen molar-refractivity contribution in [2.24, 2.45) is 28.8 Å². The second kappa shape index (κ2) is 18.7. The van der Waals surface area contributed by atoms with Gasteiger partial charge in [0.15, 0.2) is 12.6 Å². The smallest absolute Gasteiger partial charge is 0.311 e. The molecule has 0 saturated carbocycles. The van der Waals surface area contributed by atoms with E-state index < -0.39 is 89.4 Å². The highest BCUT2D eigenvalue weighted by Crippen LogP contribution is 2.43. The number of esters is 1. The van der Waals surface area contributed by atoms with Gasteiger partial charge in [0.1, 0.15) is 29.0 Å². The van der Waals surface area contributed by atoms with Crippen molar-refractivity contribution in [3.8, 4) is 0 Å². The minimum absolute atomic E-state index is 0.0125. The first-order valence-electron chi connectivity index (χ1n) is 19.7. The minimum Gasteiger partial charge on any atom is -0.459 e. The van der Waals surface area contributed by atoms with Crippen LogP contribution in [0.3, 0.4) is 0 Å². The fourth-order valence-corrected chi connectivity index (χ4v) is 8.91. The Labute approximate surface area is 321 Å². The SMILES string of the molecule is CC[C@H]1OC(=O)[C@H](C)[C@@H](O[C@H]2C[C@@](C)(OC)[C@](O)(CN=[N+]=[N-])[C@H](C)O2)[C@H](C)[C@@H](O[C@@H]2O[C@H](C)C[C@H](NC)[C@H]2C)[C@](C)(O)C[C@@H](C)CN[C@H](C)[C@@H](O)[C@]1(C)O. The van der Waals surface area contributed by atoms with Crippen molar-refractivity contribution in [3.05, 3.63) is 10.4 Å². The van der Waals surface area contributed by atoms with Gasteiger partial charge in [-0.1, -0.05) is 32.8 Å². The highest BCUT2D eigenvalue weighted by atomic mass is 16.7. The van der Waals surface area contributed by atoms with Crippen molar-refractivity contribution in [2.45, 2.75) is 186 Å². The number of hydrogen-bond acceptors (Lipinski definition) is 14. The number of rotatable bonds is 9. The average molecular weight is 774 g/mol. The number of nitrogens with one attached hydrogen (secondary N) is 2. The van der Waals surface area contributed by atoms with Gasteiger partial charge in [-0.25, -0.2) is 0 Å². The fraction of sp³-hybridized carbons (Fsp3) is 0.974. The number of ether oxygens (including phenoxy) is 6. The largest absolute Gasteiger partial charge is 0.459 e. The predicted molar refractivity (Wildman–Crippen MR) is 201 cm³/mol. The second-order valence-corrected chi connectivity index (χ2v) is 17.1. The highest BCUT2D eigenvalue weighted by molar-refractivity contribution is 5.73. The summed E-state index contributed by atoms with van der Waals surface area (Å²) in [5.41, 5.74) is 2.72. The molecule has 3 aliphatic rings. The molecule has 16 heteroatoms. The topological polar surface area (TPSA) is 226 Å². The van der Waals surface area contributed by atoms with Crippen LogP contribution in [0.5, 0.6) is 0 Å². The van der Waals surface area contributed by atoms with E-state index in [0.717, 1.165) is 6.42 Å². The molecular formula is C38H71N5O11. The number of methoxy groups -OCH3 is 1. The van der Waals surface area contributed by atoms with Crippen molar-refractivity contribution in [3.63, 3.8) is 0 Å². The summed E-state index contributed by atoms with van der Waals surface area (Å²) in [6.07, 6.45) is -5.94. The normalized spacial score (nSPS) is 48.9. The molecule has 16 nitrogen and oxygen atoms in total. The minimum atomic E-state index is -1.81. The molecule has 0 aliphatic carbocycles. The molecule has 3 fully saturated rings. The maximum atomic E-state index is 14.3. The van der Waals surface area contributed by atoms with Crippen LogP contribution in [0.25, 0.3) is 10.4 Å². The summed E-state index contributed by atoms with van der Waals surface area (Å²) >= 11 is 0. The van der Waals surface area contributed by atoms with Crippen LogP contribution in [0.4, 0.5) is 0 Å². The van der Waals surface area contributed by atoms with Gasteiger partial charge in [0.25, 0.3) is 0 Å². The van der Waals surface area contributed by atoms with Crippen molar-refractivity contribution >= 4 is 5.97 Å². The van der Waals surface area contributed by atoms with Gasteiger partial charge in [-0.2, -0.15) is 0 Å². The summed E-state index contributed by atoms with van der Waals surface area (Å²) in [6, 6.07) is -0.496. The van der Waals surface area contributed by atoms with E-state index in [4.69, 9.17) is 34.0 Å². The van der Waals surface area contributed by atoms with Gasteiger partial charge >= 0.3 is 5.97 Å². The molecule has 0 aromatic rings. The lowest BCUT2D eigenvalue weighted by atomic mass is 9.75. The molecule has 0 aromatic carbocycles. The summed E-state index contributed by atoms with van der Waals surface area (Å²) in [7, 11) is 3.34. The lowest BCUT2D eigenvalue weighted by Gasteiger charge is -2.53. The number of cyclic esters (lactones) is 1. The van der Waals surface area contributed by atoms with Crippen LogP contribution < -0.4 is 10.6 Å². The van der Waals surface area contributed by atoms with Gasteiger partial charge in [-0.3, -0.25) is 4.79 Å². The molecule has 3 saturated heterocycles. The van der Waals surface area contributed by atoms with Crippen LogP contribution in [-0.4, -0.2) is 137 Å². The molecule has 314 valence electrons. The molecule has 54 heavy (non-hydrogen) atoms. The Hall–Kier alpha value is -1.66. The molecule has 0 radical (unpaired) electrons. The van der Waals surface area contributed by atoms with Gasteiger partial charge < -0.3 is 59.5 Å². The van der Waals surface area contributed by atoms with E-state index in [1.165, 1.54) is 14.0 Å². The molecule has 0 amide bonds. The summed E-state index contributed by atoms with van der Waals surface area (Å²) in [5, 5.41) is 57.5. The zero-order valence-corrected chi connectivity index (χ0v) is 34.8. The summed E-state index contributed by atoms with van der Waals surface area (Å²) in [5.74, 6) is -2.66. The third-order valence-corrected chi connectivity index (χ3v) is 12.7. The van der Waals surface area contributed by atoms with Crippen LogP contribution in [0, 0.1) is 23.7 Å². The highest BCUT2D eigenvalue weighted by Gasteiger charge is 2.58. The van der Waals surface area contributed by atoms with E-state index in [-0.39, 0.29) is 49.8 Å². The van der Waals surface area contributed by atoms with Gasteiger partial charge in [-0.05, 0) is 92.8 Å². The maximum absolute atomic E-state index is 14.3. The number of nitrogens with zero attached hydrogens (tertiary/aromatic N) is 3. The molecule has 0 bridgehead atoms. The van der Waals surface area contributed by atoms with E-state index in [2.05, 4.69) is 20.7 Å². The lowest BCUT2D eigenvalue weighted by molar-refractivity contribution is -0.333. The number of hydrogen-bond donors (Lipinski definition) is 6. The Morgan fingerprint density at radius 3 is 2.24 bits per heavy atom. The average Bonchev–Trinajstić information content (AvgIpc) is 3.11. The third-order valence-electron chi connectivity index (χ3n) is 12.7. The zero-order valence-electron chi connectivity index (χ0n) is 34.8. The Bertz CT molecular complexity index is 1270. The van der Waals surface area contributed by atoms with E-state index >= 15 is 0 Å². The van der Waals surface area contributed by atoms with Gasteiger partial charge in [0.2, 0.25) is 0 Å². The van der Waals surface area contributed by atoms with Crippen LogP contribution in [-0.2, 0) is 33.2 Å². The molecule has 0 spiro atoms. The summed E-state index contributed by atoms with van der Waals surface area (Å²) in [6.45, 7) is 19.6. The predicted octanol–water partition coefficient (Wildman–Crippen LogP) is 3.17. The molecule has 18 atom stereocenters. The molecule has 3 aliphatic heterocycles. The monoisotopic (exact) mass is 774 g/mol. The number of azide groups is 1. The lowest BCUT2D eigenvalue weighted by Crippen LogP contribution is -2.68. The van der Waals surface area contributed by atoms with E-state index in [9.17, 15) is 25.2 Å². The van der Waals surface area contributed by atoms with Crippen LogP contribution in [0.15, 0.2) is 5.11 Å². The first-order valence-corrected chi connectivity index (χ1v) is 19.7. The van der Waals surface area contributed by atoms with E-state index in [1.807, 2.05) is 34.7 Å². The zero-order chi connectivity index (χ0) is 41.0. The van der Waals surface area contributed by atoms with Crippen LogP contribution >= 0.6 is 0 Å². The maximum Gasteiger partial charge on any atom is 0.311 e. The van der Waals surface area contributed by atoms with Crippen LogP contribution in [0.1, 0.15) is 102 Å². The van der Waals surface area contributed by atoms with Crippen molar-refractivity contribution in [2.75, 3.05) is 27.2 Å². The standard InChI is InChI=1S/C38H71N5O11/c1-14-28-37(11,47)31(44)25(7)41-18-20(2)16-35(9,46)32(54-34-22(4)27(40-12)15-21(3)50-34)23(5)30(24(6)33(45)52-28)53-29-17-36(10,49-13)38(48,19-42-43-39)26(8)51-29/h20-32,34,40-41,44,46-48H,14-19H2,1-13H3/t20-,21-,22-,23+,24-,25-,26+,27+,28-,29+,30+,31-,32-,34+,35-,36-,37-,38+/m1/s1. The van der Waals surface area contributed by atoms with Gasteiger partial charge in [0, 0.05) is 42.4 Å². The van der Waals surface area contributed by atoms with Crippen LogP contribution in [0.2, 0.25) is 0 Å². The first-order chi connectivity index (χ1) is 25.0. The van der Waals surface area contributed by atoms with Crippen molar-refractivity contribution < 1.29 is 53.6 Å². The molecule has 3 heterocycles. The number of carbonyl (C=O) groups excluding carboxylic acids is 1. The summed E-state index contributed by atoms with van der Waals surface area (Å²) < 4.78 is 38.2. The van der Waals surface area contributed by atoms with Gasteiger partial charge in [0.05, 0.1) is 42.5 Å². The Balaban J connectivity index is 2.17. The van der Waals surface area contributed by atoms with E-state index in [0.29, 0.717) is 6.54 Å². The Morgan fingerprint density at radius 2 is 1.67 bits per heavy atom. The molecule has 0 aromatic heterocycles. The molecular weight excluding hydrogens is 702 g/mol. The second-order valence-electron chi connectivity index (χ2n) is 17.1. The molecule has 3 rings (SSSR count). The fourth-order valence-electron chi connectivity index (χ4n) is 8.91. The molecule has 0 unspecified atom stereocenters. The number of aliphatic hydroxyl groups is 4. The summed E-state index contributed by atoms with van der Waals surface area (Å²) in [4.78, 5) is 17.1. The van der Waals surface area contributed by atoms with Crippen molar-refractivity contribution in [1.29, 1.82) is 0 Å². The van der Waals surface area contributed by atoms with E-state index in [1.54, 1.807) is 41.5 Å². The number of aliphatic hydroxyl groups excluding tert-OH is 1. The molecule has 6 N–H and O–H groups in total. The Morgan fingerprint density at radius 1 is 1.02 bits per heavy atom. The first kappa shape index (κ1) is 46.7. The number of carbonyl (C=O) groups is 1. The van der Waals surface area contributed by atoms with Gasteiger partial charge in [-0.15, -0.1) is 0 Å². The third kappa shape index (κ3) is 10.1. The Kier molecular flexibility index (Phi) is 16.2. The van der Waals surface area contributed by atoms with Crippen molar-refractivity contribution in [1.82, 2.24) is 10.6 Å².